The van der Waals surface area contributed by atoms with Gasteiger partial charge in [-0.2, -0.15) is 0 Å². The molecular formula is C17H25NO4. The highest BCUT2D eigenvalue weighted by Crippen LogP contribution is 2.14. The topological polar surface area (TPSA) is 67.8 Å². The van der Waals surface area contributed by atoms with Crippen LogP contribution in [0.4, 0.5) is 0 Å². The highest BCUT2D eigenvalue weighted by Gasteiger charge is 2.16. The molecule has 0 aliphatic carbocycles. The molecule has 1 amide bonds. The summed E-state index contributed by atoms with van der Waals surface area (Å²) in [6.45, 7) is 5.74. The standard InChI is InChI=1S/C17H25NO4/c1-17(2,20)7-6-13-4-3-5-14(10-13)16(19)18-11-15-12-21-8-9-22-15/h3-5,10,15,20H,6-9,11-12H2,1-2H3,(H,18,19)/t15-/m1/s1. The molecule has 0 radical (unpaired) electrons. The minimum Gasteiger partial charge on any atom is -0.390 e. The van der Waals surface area contributed by atoms with Gasteiger partial charge in [0.25, 0.3) is 5.91 Å². The maximum Gasteiger partial charge on any atom is 0.251 e. The Morgan fingerprint density at radius 2 is 2.23 bits per heavy atom. The first-order chi connectivity index (χ1) is 10.4. The van der Waals surface area contributed by atoms with Gasteiger partial charge in [-0.1, -0.05) is 12.1 Å². The molecule has 0 spiro atoms. The number of benzene rings is 1. The molecule has 1 saturated heterocycles. The number of nitrogens with one attached hydrogen (secondary N) is 1. The second kappa shape index (κ2) is 7.72. The van der Waals surface area contributed by atoms with Crippen molar-refractivity contribution < 1.29 is 19.4 Å². The second-order valence-electron chi connectivity index (χ2n) is 6.29. The maximum absolute atomic E-state index is 12.2. The number of aliphatic hydroxyl groups is 1. The van der Waals surface area contributed by atoms with E-state index in [1.54, 1.807) is 19.9 Å². The van der Waals surface area contributed by atoms with Crippen molar-refractivity contribution in [3.8, 4) is 0 Å². The Kier molecular flexibility index (Phi) is 5.94. The average Bonchev–Trinajstić information content (AvgIpc) is 2.51. The lowest BCUT2D eigenvalue weighted by Crippen LogP contribution is -2.39. The van der Waals surface area contributed by atoms with E-state index >= 15 is 0 Å². The van der Waals surface area contributed by atoms with Crippen LogP contribution in [0.3, 0.4) is 0 Å². The third-order valence-corrected chi connectivity index (χ3v) is 3.59. The van der Waals surface area contributed by atoms with Crippen LogP contribution in [0.15, 0.2) is 24.3 Å². The van der Waals surface area contributed by atoms with E-state index < -0.39 is 5.60 Å². The number of ether oxygens (including phenoxy) is 2. The zero-order valence-corrected chi connectivity index (χ0v) is 13.3. The van der Waals surface area contributed by atoms with Crippen LogP contribution in [-0.2, 0) is 15.9 Å². The van der Waals surface area contributed by atoms with Gasteiger partial charge in [0, 0.05) is 12.1 Å². The van der Waals surface area contributed by atoms with Crippen molar-refractivity contribution in [1.29, 1.82) is 0 Å². The van der Waals surface area contributed by atoms with Crippen LogP contribution in [0, 0.1) is 0 Å². The summed E-state index contributed by atoms with van der Waals surface area (Å²) in [7, 11) is 0. The van der Waals surface area contributed by atoms with Gasteiger partial charge in [-0.15, -0.1) is 0 Å². The van der Waals surface area contributed by atoms with Crippen molar-refractivity contribution >= 4 is 5.91 Å². The molecule has 22 heavy (non-hydrogen) atoms. The largest absolute Gasteiger partial charge is 0.390 e. The van der Waals surface area contributed by atoms with Gasteiger partial charge in [0.1, 0.15) is 0 Å². The van der Waals surface area contributed by atoms with Crippen molar-refractivity contribution in [3.05, 3.63) is 35.4 Å². The molecule has 2 N–H and O–H groups in total. The Morgan fingerprint density at radius 1 is 1.41 bits per heavy atom. The normalized spacial score (nSPS) is 19.0. The average molecular weight is 307 g/mol. The van der Waals surface area contributed by atoms with Gasteiger partial charge < -0.3 is 19.9 Å². The summed E-state index contributed by atoms with van der Waals surface area (Å²) in [6.07, 6.45) is 1.33. The van der Waals surface area contributed by atoms with Crippen molar-refractivity contribution in [2.75, 3.05) is 26.4 Å². The van der Waals surface area contributed by atoms with E-state index in [-0.39, 0.29) is 12.0 Å². The molecule has 1 fully saturated rings. The fourth-order valence-corrected chi connectivity index (χ4v) is 2.28. The Hall–Kier alpha value is -1.43. The second-order valence-corrected chi connectivity index (χ2v) is 6.29. The summed E-state index contributed by atoms with van der Waals surface area (Å²) in [5.41, 5.74) is 0.980. The number of amides is 1. The molecule has 0 aromatic heterocycles. The van der Waals surface area contributed by atoms with Gasteiger partial charge >= 0.3 is 0 Å². The van der Waals surface area contributed by atoms with Crippen LogP contribution < -0.4 is 5.32 Å². The molecule has 5 heteroatoms. The molecule has 2 rings (SSSR count). The summed E-state index contributed by atoms with van der Waals surface area (Å²) in [5, 5.41) is 12.7. The van der Waals surface area contributed by atoms with Crippen LogP contribution in [0.1, 0.15) is 36.2 Å². The van der Waals surface area contributed by atoms with Crippen molar-refractivity contribution in [3.63, 3.8) is 0 Å². The molecule has 5 nitrogen and oxygen atoms in total. The third kappa shape index (κ3) is 5.75. The Bertz CT molecular complexity index is 490. The highest BCUT2D eigenvalue weighted by molar-refractivity contribution is 5.94. The van der Waals surface area contributed by atoms with E-state index in [0.29, 0.717) is 38.3 Å². The number of aryl methyl sites for hydroxylation is 1. The first-order valence-electron chi connectivity index (χ1n) is 7.73. The number of carbonyl (C=O) groups is 1. The predicted octanol–water partition coefficient (Wildman–Crippen LogP) is 1.54. The smallest absolute Gasteiger partial charge is 0.251 e. The van der Waals surface area contributed by atoms with Crippen LogP contribution in [0.5, 0.6) is 0 Å². The van der Waals surface area contributed by atoms with Crippen molar-refractivity contribution in [2.24, 2.45) is 0 Å². The van der Waals surface area contributed by atoms with E-state index in [0.717, 1.165) is 12.0 Å². The molecule has 1 aliphatic heterocycles. The summed E-state index contributed by atoms with van der Waals surface area (Å²) in [4.78, 5) is 12.2. The third-order valence-electron chi connectivity index (χ3n) is 3.59. The van der Waals surface area contributed by atoms with E-state index in [9.17, 15) is 9.90 Å². The van der Waals surface area contributed by atoms with Gasteiger partial charge in [-0.3, -0.25) is 4.79 Å². The molecule has 122 valence electrons. The molecule has 0 bridgehead atoms. The molecule has 0 unspecified atom stereocenters. The van der Waals surface area contributed by atoms with Gasteiger partial charge in [0.05, 0.1) is 31.5 Å². The lowest BCUT2D eigenvalue weighted by Gasteiger charge is -2.23. The number of carbonyl (C=O) groups excluding carboxylic acids is 1. The van der Waals surface area contributed by atoms with E-state index in [1.165, 1.54) is 0 Å². The number of rotatable bonds is 6. The number of hydrogen-bond donors (Lipinski definition) is 2. The fourth-order valence-electron chi connectivity index (χ4n) is 2.28. The predicted molar refractivity (Wildman–Crippen MR) is 84.0 cm³/mol. The lowest BCUT2D eigenvalue weighted by atomic mass is 9.98. The van der Waals surface area contributed by atoms with E-state index in [2.05, 4.69) is 5.32 Å². The van der Waals surface area contributed by atoms with Crippen LogP contribution in [-0.4, -0.2) is 49.1 Å². The SMILES string of the molecule is CC(C)(O)CCc1cccc(C(=O)NC[C@@H]2COCCO2)c1. The first-order valence-corrected chi connectivity index (χ1v) is 7.73. The quantitative estimate of drug-likeness (QED) is 0.836. The van der Waals surface area contributed by atoms with Crippen LogP contribution in [0.25, 0.3) is 0 Å². The van der Waals surface area contributed by atoms with Gasteiger partial charge in [0.2, 0.25) is 0 Å². The van der Waals surface area contributed by atoms with Gasteiger partial charge in [-0.25, -0.2) is 0 Å². The summed E-state index contributed by atoms with van der Waals surface area (Å²) in [6, 6.07) is 7.51. The summed E-state index contributed by atoms with van der Waals surface area (Å²) < 4.78 is 10.8. The molecule has 1 atom stereocenters. The minimum absolute atomic E-state index is 0.0731. The summed E-state index contributed by atoms with van der Waals surface area (Å²) in [5.74, 6) is -0.112. The monoisotopic (exact) mass is 307 g/mol. The number of hydrogen-bond acceptors (Lipinski definition) is 4. The fraction of sp³-hybridized carbons (Fsp3) is 0.588. The Morgan fingerprint density at radius 3 is 2.91 bits per heavy atom. The maximum atomic E-state index is 12.2. The molecule has 0 saturated carbocycles. The molecule has 1 heterocycles. The summed E-state index contributed by atoms with van der Waals surface area (Å²) >= 11 is 0. The zero-order chi connectivity index (χ0) is 16.0. The Balaban J connectivity index is 1.86. The molecule has 1 aromatic rings. The van der Waals surface area contributed by atoms with E-state index in [1.807, 2.05) is 18.2 Å². The molecule has 1 aliphatic rings. The Labute approximate surface area is 131 Å². The minimum atomic E-state index is -0.698. The van der Waals surface area contributed by atoms with Crippen LogP contribution in [0.2, 0.25) is 0 Å². The van der Waals surface area contributed by atoms with Crippen molar-refractivity contribution in [1.82, 2.24) is 5.32 Å². The molecular weight excluding hydrogens is 282 g/mol. The highest BCUT2D eigenvalue weighted by atomic mass is 16.6. The van der Waals surface area contributed by atoms with Crippen LogP contribution >= 0.6 is 0 Å². The first kappa shape index (κ1) is 16.9. The molecule has 1 aromatic carbocycles. The van der Waals surface area contributed by atoms with Crippen molar-refractivity contribution in [2.45, 2.75) is 38.4 Å². The van der Waals surface area contributed by atoms with Gasteiger partial charge in [-0.05, 0) is 44.4 Å². The lowest BCUT2D eigenvalue weighted by molar-refractivity contribution is -0.0855. The van der Waals surface area contributed by atoms with E-state index in [4.69, 9.17) is 9.47 Å². The zero-order valence-electron chi connectivity index (χ0n) is 13.3. The van der Waals surface area contributed by atoms with Gasteiger partial charge in [0.15, 0.2) is 0 Å².